The highest BCUT2D eigenvalue weighted by atomic mass is 35.5. The zero-order valence-corrected chi connectivity index (χ0v) is 12.9. The van der Waals surface area contributed by atoms with Crippen molar-refractivity contribution in [2.24, 2.45) is 5.92 Å². The summed E-state index contributed by atoms with van der Waals surface area (Å²) in [6.07, 6.45) is 3.99. The number of nitrogens with zero attached hydrogens (tertiary/aromatic N) is 1. The van der Waals surface area contributed by atoms with Gasteiger partial charge in [-0.2, -0.15) is 4.31 Å². The van der Waals surface area contributed by atoms with Crippen LogP contribution in [0.3, 0.4) is 0 Å². The Morgan fingerprint density at radius 1 is 1.32 bits per heavy atom. The molecular formula is C13H20ClNO3S. The first-order chi connectivity index (χ1) is 8.95. The molecule has 108 valence electrons. The Morgan fingerprint density at radius 3 is 2.47 bits per heavy atom. The van der Waals surface area contributed by atoms with Crippen molar-refractivity contribution in [3.8, 4) is 0 Å². The third kappa shape index (κ3) is 3.15. The molecule has 1 aliphatic rings. The van der Waals surface area contributed by atoms with Crippen LogP contribution in [0.1, 0.15) is 38.4 Å². The van der Waals surface area contributed by atoms with Crippen molar-refractivity contribution < 1.29 is 12.8 Å². The van der Waals surface area contributed by atoms with Crippen LogP contribution in [0, 0.1) is 5.92 Å². The van der Waals surface area contributed by atoms with Gasteiger partial charge in [-0.25, -0.2) is 8.42 Å². The Kier molecular flexibility index (Phi) is 4.58. The molecule has 4 nitrogen and oxygen atoms in total. The number of rotatable bonds is 4. The topological polar surface area (TPSA) is 50.5 Å². The smallest absolute Gasteiger partial charge is 0.276 e. The lowest BCUT2D eigenvalue weighted by molar-refractivity contribution is 0.242. The van der Waals surface area contributed by atoms with E-state index in [-0.39, 0.29) is 17.0 Å². The number of furan rings is 1. The minimum atomic E-state index is -3.54. The highest BCUT2D eigenvalue weighted by Crippen LogP contribution is 2.30. The molecule has 1 heterocycles. The van der Waals surface area contributed by atoms with Gasteiger partial charge in [-0.1, -0.05) is 6.92 Å². The number of sulfonamides is 1. The highest BCUT2D eigenvalue weighted by Gasteiger charge is 2.32. The molecule has 0 N–H and O–H groups in total. The number of alkyl halides is 1. The fraction of sp³-hybridized carbons (Fsp3) is 0.692. The molecule has 6 heteroatoms. The van der Waals surface area contributed by atoms with Crippen LogP contribution in [-0.2, 0) is 15.9 Å². The quantitative estimate of drug-likeness (QED) is 0.803. The van der Waals surface area contributed by atoms with E-state index >= 15 is 0 Å². The van der Waals surface area contributed by atoms with Crippen LogP contribution in [0.5, 0.6) is 0 Å². The Hall–Kier alpha value is -0.520. The lowest BCUT2D eigenvalue weighted by Crippen LogP contribution is -2.39. The Morgan fingerprint density at radius 2 is 1.95 bits per heavy atom. The second-order valence-electron chi connectivity index (χ2n) is 5.29. The van der Waals surface area contributed by atoms with Gasteiger partial charge in [-0.15, -0.1) is 11.6 Å². The molecule has 0 amide bonds. The van der Waals surface area contributed by atoms with Crippen molar-refractivity contribution in [1.29, 1.82) is 0 Å². The summed E-state index contributed by atoms with van der Waals surface area (Å²) in [5.74, 6) is 1.35. The van der Waals surface area contributed by atoms with E-state index < -0.39 is 10.0 Å². The van der Waals surface area contributed by atoms with Crippen molar-refractivity contribution in [1.82, 2.24) is 4.31 Å². The molecule has 1 fully saturated rings. The van der Waals surface area contributed by atoms with Crippen molar-refractivity contribution in [3.63, 3.8) is 0 Å². The summed E-state index contributed by atoms with van der Waals surface area (Å²) in [5, 5.41) is -0.00993. The first-order valence-corrected chi connectivity index (χ1v) is 8.55. The maximum atomic E-state index is 12.4. The summed E-state index contributed by atoms with van der Waals surface area (Å²) in [6.45, 7) is 2.21. The van der Waals surface area contributed by atoms with Gasteiger partial charge in [0.25, 0.3) is 10.0 Å². The highest BCUT2D eigenvalue weighted by molar-refractivity contribution is 7.89. The zero-order chi connectivity index (χ0) is 14.0. The SMILES string of the molecule is CC1CCC(N(C)S(=O)(=O)c2ccc(CCl)o2)CC1. The van der Waals surface area contributed by atoms with E-state index in [2.05, 4.69) is 6.92 Å². The summed E-state index contributed by atoms with van der Waals surface area (Å²) >= 11 is 5.63. The van der Waals surface area contributed by atoms with Crippen molar-refractivity contribution in [3.05, 3.63) is 17.9 Å². The fourth-order valence-corrected chi connectivity index (χ4v) is 4.00. The van der Waals surface area contributed by atoms with E-state index in [1.165, 1.54) is 10.4 Å². The molecule has 0 atom stereocenters. The van der Waals surface area contributed by atoms with E-state index in [0.717, 1.165) is 25.7 Å². The van der Waals surface area contributed by atoms with Crippen LogP contribution < -0.4 is 0 Å². The second-order valence-corrected chi connectivity index (χ2v) is 7.49. The molecule has 0 spiro atoms. The van der Waals surface area contributed by atoms with E-state index in [9.17, 15) is 8.42 Å². The normalized spacial score (nSPS) is 24.8. The number of halogens is 1. The second kappa shape index (κ2) is 5.85. The monoisotopic (exact) mass is 305 g/mol. The molecule has 1 aromatic rings. The maximum absolute atomic E-state index is 12.4. The van der Waals surface area contributed by atoms with E-state index in [4.69, 9.17) is 16.0 Å². The molecule has 0 aromatic carbocycles. The standard InChI is InChI=1S/C13H20ClNO3S/c1-10-3-5-11(6-4-10)15(2)19(16,17)13-8-7-12(9-14)18-13/h7-8,10-11H,3-6,9H2,1-2H3. The first kappa shape index (κ1) is 14.9. The van der Waals surface area contributed by atoms with Gasteiger partial charge in [-0.3, -0.25) is 0 Å². The predicted octanol–water partition coefficient (Wildman–Crippen LogP) is 3.22. The third-order valence-electron chi connectivity index (χ3n) is 3.90. The summed E-state index contributed by atoms with van der Waals surface area (Å²) in [5.41, 5.74) is 0. The zero-order valence-electron chi connectivity index (χ0n) is 11.3. The summed E-state index contributed by atoms with van der Waals surface area (Å²) in [7, 11) is -1.90. The molecule has 0 saturated heterocycles. The molecule has 0 bridgehead atoms. The van der Waals surface area contributed by atoms with Crippen LogP contribution in [-0.4, -0.2) is 25.8 Å². The minimum Gasteiger partial charge on any atom is -0.447 e. The molecule has 1 aliphatic carbocycles. The van der Waals surface area contributed by atoms with Crippen LogP contribution >= 0.6 is 11.6 Å². The average molecular weight is 306 g/mol. The predicted molar refractivity (Wildman–Crippen MR) is 74.6 cm³/mol. The molecule has 1 saturated carbocycles. The summed E-state index contributed by atoms with van der Waals surface area (Å²) < 4.78 is 31.6. The van der Waals surface area contributed by atoms with Crippen LogP contribution in [0.25, 0.3) is 0 Å². The van der Waals surface area contributed by atoms with Crippen LogP contribution in [0.2, 0.25) is 0 Å². The van der Waals surface area contributed by atoms with Gasteiger partial charge in [0, 0.05) is 13.1 Å². The van der Waals surface area contributed by atoms with Gasteiger partial charge in [-0.05, 0) is 43.7 Å². The molecule has 0 radical (unpaired) electrons. The van der Waals surface area contributed by atoms with E-state index in [1.807, 2.05) is 0 Å². The molecule has 19 heavy (non-hydrogen) atoms. The van der Waals surface area contributed by atoms with E-state index in [0.29, 0.717) is 11.7 Å². The van der Waals surface area contributed by atoms with Crippen molar-refractivity contribution in [2.45, 2.75) is 49.6 Å². The molecular weight excluding hydrogens is 286 g/mol. The van der Waals surface area contributed by atoms with Gasteiger partial charge in [0.05, 0.1) is 5.88 Å². The van der Waals surface area contributed by atoms with Gasteiger partial charge >= 0.3 is 0 Å². The lowest BCUT2D eigenvalue weighted by atomic mass is 9.87. The van der Waals surface area contributed by atoms with Gasteiger partial charge in [0.15, 0.2) is 0 Å². The summed E-state index contributed by atoms with van der Waals surface area (Å²) in [6, 6.07) is 3.16. The minimum absolute atomic E-state index is 0.00993. The molecule has 0 unspecified atom stereocenters. The number of hydrogen-bond donors (Lipinski definition) is 0. The molecule has 0 aliphatic heterocycles. The van der Waals surface area contributed by atoms with E-state index in [1.54, 1.807) is 13.1 Å². The average Bonchev–Trinajstić information content (AvgIpc) is 2.88. The molecule has 2 rings (SSSR count). The maximum Gasteiger partial charge on any atom is 0.276 e. The van der Waals surface area contributed by atoms with Gasteiger partial charge in [0.2, 0.25) is 5.09 Å². The Bertz CT molecular complexity index is 518. The first-order valence-electron chi connectivity index (χ1n) is 6.58. The number of hydrogen-bond acceptors (Lipinski definition) is 3. The fourth-order valence-electron chi connectivity index (χ4n) is 2.51. The summed E-state index contributed by atoms with van der Waals surface area (Å²) in [4.78, 5) is 0. The van der Waals surface area contributed by atoms with Gasteiger partial charge in [0.1, 0.15) is 5.76 Å². The Balaban J connectivity index is 2.14. The van der Waals surface area contributed by atoms with Crippen LogP contribution in [0.4, 0.5) is 0 Å². The lowest BCUT2D eigenvalue weighted by Gasteiger charge is -2.32. The van der Waals surface area contributed by atoms with Gasteiger partial charge < -0.3 is 4.42 Å². The largest absolute Gasteiger partial charge is 0.447 e. The molecule has 1 aromatic heterocycles. The third-order valence-corrected chi connectivity index (χ3v) is 5.95. The van der Waals surface area contributed by atoms with Crippen molar-refractivity contribution >= 4 is 21.6 Å². The van der Waals surface area contributed by atoms with Crippen LogP contribution in [0.15, 0.2) is 21.6 Å². The Labute approximate surface area is 119 Å². The van der Waals surface area contributed by atoms with Crippen molar-refractivity contribution in [2.75, 3.05) is 7.05 Å².